The summed E-state index contributed by atoms with van der Waals surface area (Å²) in [5, 5.41) is 9.89. The highest BCUT2D eigenvalue weighted by atomic mass is 16.2. The summed E-state index contributed by atoms with van der Waals surface area (Å²) in [6, 6.07) is 10.4. The second kappa shape index (κ2) is 8.83. The molecule has 2 bridgehead atoms. The van der Waals surface area contributed by atoms with Crippen molar-refractivity contribution in [3.8, 4) is 0 Å². The van der Waals surface area contributed by atoms with Crippen LogP contribution < -0.4 is 5.32 Å². The number of nitrogens with one attached hydrogen (secondary N) is 2. The van der Waals surface area contributed by atoms with Crippen LogP contribution in [0.3, 0.4) is 0 Å². The Morgan fingerprint density at radius 1 is 1.16 bits per heavy atom. The summed E-state index contributed by atoms with van der Waals surface area (Å²) in [5.74, 6) is 0.822. The van der Waals surface area contributed by atoms with Gasteiger partial charge in [-0.2, -0.15) is 5.10 Å². The quantitative estimate of drug-likeness (QED) is 0.747. The first-order chi connectivity index (χ1) is 15.2. The van der Waals surface area contributed by atoms with Gasteiger partial charge >= 0.3 is 0 Å². The summed E-state index contributed by atoms with van der Waals surface area (Å²) in [6.07, 6.45) is 7.94. The van der Waals surface area contributed by atoms with E-state index in [1.165, 1.54) is 5.56 Å². The first kappa shape index (κ1) is 20.2. The molecule has 164 valence electrons. The van der Waals surface area contributed by atoms with Crippen molar-refractivity contribution < 1.29 is 9.59 Å². The van der Waals surface area contributed by atoms with Crippen LogP contribution in [0.25, 0.3) is 0 Å². The number of rotatable bonds is 6. The lowest BCUT2D eigenvalue weighted by Gasteiger charge is -2.56. The minimum Gasteiger partial charge on any atom is -0.354 e. The normalized spacial score (nSPS) is 28.3. The fourth-order valence-electron chi connectivity index (χ4n) is 5.91. The van der Waals surface area contributed by atoms with E-state index in [-0.39, 0.29) is 29.8 Å². The second-order valence-corrected chi connectivity index (χ2v) is 9.29. The van der Waals surface area contributed by atoms with Gasteiger partial charge in [0.05, 0.1) is 6.20 Å². The Bertz CT molecular complexity index is 900. The molecule has 1 aromatic heterocycles. The molecule has 0 unspecified atom stereocenters. The van der Waals surface area contributed by atoms with Gasteiger partial charge in [-0.25, -0.2) is 0 Å². The first-order valence-electron chi connectivity index (χ1n) is 11.5. The number of benzene rings is 1. The number of carbonyl (C=O) groups is 2. The highest BCUT2D eigenvalue weighted by Gasteiger charge is 2.51. The van der Waals surface area contributed by atoms with Crippen molar-refractivity contribution in [3.05, 3.63) is 53.9 Å². The first-order valence-corrected chi connectivity index (χ1v) is 11.5. The van der Waals surface area contributed by atoms with Gasteiger partial charge < -0.3 is 10.2 Å². The Balaban J connectivity index is 1.32. The minimum absolute atomic E-state index is 0.00811. The lowest BCUT2D eigenvalue weighted by atomic mass is 9.71. The molecule has 2 amide bonds. The summed E-state index contributed by atoms with van der Waals surface area (Å²) >= 11 is 0. The van der Waals surface area contributed by atoms with Gasteiger partial charge in [-0.3, -0.25) is 19.6 Å². The molecule has 2 aromatic rings. The van der Waals surface area contributed by atoms with Crippen LogP contribution >= 0.6 is 0 Å². The van der Waals surface area contributed by atoms with E-state index in [1.807, 2.05) is 17.2 Å². The lowest BCUT2D eigenvalue weighted by molar-refractivity contribution is -0.160. The van der Waals surface area contributed by atoms with Crippen LogP contribution in [0.2, 0.25) is 0 Å². The van der Waals surface area contributed by atoms with Gasteiger partial charge in [0.25, 0.3) is 0 Å². The Labute approximate surface area is 183 Å². The van der Waals surface area contributed by atoms with E-state index in [0.717, 1.165) is 50.9 Å². The molecule has 4 atom stereocenters. The zero-order valence-electron chi connectivity index (χ0n) is 17.9. The van der Waals surface area contributed by atoms with Crippen molar-refractivity contribution in [3.63, 3.8) is 0 Å². The maximum absolute atomic E-state index is 13.3. The number of likely N-dealkylation sites (tertiary alicyclic amines) is 1. The molecule has 3 aliphatic rings. The third-order valence-corrected chi connectivity index (χ3v) is 7.20. The van der Waals surface area contributed by atoms with E-state index >= 15 is 0 Å². The molecule has 5 rings (SSSR count). The van der Waals surface area contributed by atoms with Gasteiger partial charge in [0.1, 0.15) is 6.04 Å². The molecule has 3 fully saturated rings. The Kier molecular flexibility index (Phi) is 5.76. The van der Waals surface area contributed by atoms with Crippen molar-refractivity contribution in [2.45, 2.75) is 50.7 Å². The van der Waals surface area contributed by atoms with Crippen LogP contribution in [-0.2, 0) is 22.6 Å². The summed E-state index contributed by atoms with van der Waals surface area (Å²) in [4.78, 5) is 30.8. The highest BCUT2D eigenvalue weighted by molar-refractivity contribution is 5.89. The maximum Gasteiger partial charge on any atom is 0.243 e. The maximum atomic E-state index is 13.3. The van der Waals surface area contributed by atoms with E-state index < -0.39 is 0 Å². The highest BCUT2D eigenvalue weighted by Crippen LogP contribution is 2.42. The number of carbonyl (C=O) groups excluding carboxylic acids is 2. The molecule has 31 heavy (non-hydrogen) atoms. The molecule has 0 spiro atoms. The number of amides is 2. The van der Waals surface area contributed by atoms with Crippen LogP contribution in [-0.4, -0.2) is 63.5 Å². The molecule has 4 heterocycles. The predicted molar refractivity (Wildman–Crippen MR) is 117 cm³/mol. The molecule has 0 radical (unpaired) electrons. The van der Waals surface area contributed by atoms with Crippen molar-refractivity contribution in [1.29, 1.82) is 0 Å². The second-order valence-electron chi connectivity index (χ2n) is 9.29. The van der Waals surface area contributed by atoms with Gasteiger partial charge in [-0.15, -0.1) is 0 Å². The van der Waals surface area contributed by atoms with Crippen LogP contribution in [0, 0.1) is 11.8 Å². The van der Waals surface area contributed by atoms with E-state index in [4.69, 9.17) is 0 Å². The van der Waals surface area contributed by atoms with Crippen LogP contribution in [0.5, 0.6) is 0 Å². The molecule has 7 nitrogen and oxygen atoms in total. The Morgan fingerprint density at radius 2 is 2.00 bits per heavy atom. The molecular formula is C24H31N5O2. The minimum atomic E-state index is -0.350. The zero-order chi connectivity index (χ0) is 21.2. The van der Waals surface area contributed by atoms with E-state index in [1.54, 1.807) is 6.20 Å². The number of fused-ring (bicyclic) bond motifs is 4. The lowest BCUT2D eigenvalue weighted by Crippen LogP contribution is -2.68. The van der Waals surface area contributed by atoms with Crippen LogP contribution in [0.15, 0.2) is 42.7 Å². The molecular weight excluding hydrogens is 390 g/mol. The molecule has 7 heteroatoms. The van der Waals surface area contributed by atoms with E-state index in [2.05, 4.69) is 44.7 Å². The molecule has 3 aliphatic heterocycles. The number of piperidine rings is 3. The fourth-order valence-corrected chi connectivity index (χ4v) is 5.91. The third kappa shape index (κ3) is 4.24. The molecule has 3 saturated heterocycles. The van der Waals surface area contributed by atoms with Crippen molar-refractivity contribution in [1.82, 2.24) is 25.3 Å². The topological polar surface area (TPSA) is 81.3 Å². The van der Waals surface area contributed by atoms with Crippen molar-refractivity contribution in [2.75, 3.05) is 19.6 Å². The van der Waals surface area contributed by atoms with Crippen molar-refractivity contribution in [2.24, 2.45) is 11.8 Å². The van der Waals surface area contributed by atoms with Crippen LogP contribution in [0.4, 0.5) is 0 Å². The molecule has 2 N–H and O–H groups in total. The third-order valence-electron chi connectivity index (χ3n) is 7.20. The average molecular weight is 422 g/mol. The number of hydrogen-bond acceptors (Lipinski definition) is 4. The summed E-state index contributed by atoms with van der Waals surface area (Å²) in [7, 11) is 0. The van der Waals surface area contributed by atoms with Gasteiger partial charge in [0, 0.05) is 50.8 Å². The largest absolute Gasteiger partial charge is 0.354 e. The number of aromatic nitrogens is 2. The van der Waals surface area contributed by atoms with Gasteiger partial charge in [-0.1, -0.05) is 30.3 Å². The molecule has 1 aromatic carbocycles. The van der Waals surface area contributed by atoms with Gasteiger partial charge in [0.15, 0.2) is 0 Å². The molecule has 0 saturated carbocycles. The summed E-state index contributed by atoms with van der Waals surface area (Å²) in [5.41, 5.74) is 2.38. The zero-order valence-corrected chi connectivity index (χ0v) is 17.9. The number of nitrogens with zero attached hydrogens (tertiary/aromatic N) is 3. The average Bonchev–Trinajstić information content (AvgIpc) is 3.29. The SMILES string of the molecule is O=C(NCCc1cn[nH]c1)[C@H]1[C@@H]2C[C@@H](CN(Cc3ccccc3)C2)[C@@H]2CCCC(=O)N21. The fraction of sp³-hybridized carbons (Fsp3) is 0.542. The Hall–Kier alpha value is -2.67. The van der Waals surface area contributed by atoms with E-state index in [9.17, 15) is 9.59 Å². The van der Waals surface area contributed by atoms with Gasteiger partial charge in [0.2, 0.25) is 11.8 Å². The Morgan fingerprint density at radius 3 is 2.81 bits per heavy atom. The van der Waals surface area contributed by atoms with Crippen LogP contribution in [0.1, 0.15) is 36.8 Å². The standard InChI is InChI=1S/C24H31N5O2/c30-22-8-4-7-21-19-11-20(16-28(15-19)14-17-5-2-1-3-6-17)23(29(21)22)24(31)25-10-9-18-12-26-27-13-18/h1-3,5-6,12-13,19-21,23H,4,7-11,14-16H2,(H,25,31)(H,26,27)/t19-,20+,21-,23+/m0/s1. The predicted octanol–water partition coefficient (Wildman–Crippen LogP) is 1.97. The smallest absolute Gasteiger partial charge is 0.243 e. The van der Waals surface area contributed by atoms with E-state index in [0.29, 0.717) is 18.9 Å². The number of H-pyrrole nitrogens is 1. The number of aromatic amines is 1. The van der Waals surface area contributed by atoms with Crippen molar-refractivity contribution >= 4 is 11.8 Å². The molecule has 0 aliphatic carbocycles. The monoisotopic (exact) mass is 421 g/mol. The van der Waals surface area contributed by atoms with Gasteiger partial charge in [-0.05, 0) is 42.7 Å². The summed E-state index contributed by atoms with van der Waals surface area (Å²) < 4.78 is 0. The summed E-state index contributed by atoms with van der Waals surface area (Å²) in [6.45, 7) is 3.34. The number of hydrogen-bond donors (Lipinski definition) is 2.